The Morgan fingerprint density at radius 2 is 1.86 bits per heavy atom. The normalized spacial score (nSPS) is 15.7. The number of carbonyl (C=O) groups is 2. The Labute approximate surface area is 207 Å². The number of ketones is 1. The minimum Gasteiger partial charge on any atom is -0.340 e. The summed E-state index contributed by atoms with van der Waals surface area (Å²) in [5.74, 6) is 1.08. The van der Waals surface area contributed by atoms with E-state index in [2.05, 4.69) is 27.4 Å². The van der Waals surface area contributed by atoms with Crippen molar-refractivity contribution in [2.24, 2.45) is 0 Å². The number of carbonyl (C=O) groups excluding carboxylic acids is 2. The fourth-order valence-corrected chi connectivity index (χ4v) is 4.63. The summed E-state index contributed by atoms with van der Waals surface area (Å²) in [4.78, 5) is 33.1. The molecule has 0 fully saturated rings. The van der Waals surface area contributed by atoms with E-state index in [1.807, 2.05) is 73.4 Å². The monoisotopic (exact) mass is 471 g/mol. The largest absolute Gasteiger partial charge is 0.340 e. The molecule has 0 bridgehead atoms. The van der Waals surface area contributed by atoms with Gasteiger partial charge in [0.1, 0.15) is 18.7 Å². The molecule has 0 spiro atoms. The number of Topliss-reactive ketones (excluding diaryl/α,β-unsaturated/α-hetero) is 1. The van der Waals surface area contributed by atoms with Crippen LogP contribution in [0, 0.1) is 0 Å². The van der Waals surface area contributed by atoms with Gasteiger partial charge >= 0.3 is 0 Å². The summed E-state index contributed by atoms with van der Waals surface area (Å²) in [6.07, 6.45) is 9.31. The first-order chi connectivity index (χ1) is 17.0. The second-order valence-electron chi connectivity index (χ2n) is 9.31. The molecule has 0 aliphatic carbocycles. The number of likely N-dealkylation sites (N-methyl/N-ethyl adjacent to an activating group) is 1. The van der Waals surface area contributed by atoms with Gasteiger partial charge in [0.2, 0.25) is 6.04 Å². The summed E-state index contributed by atoms with van der Waals surface area (Å²) in [5, 5.41) is 3.28. The van der Waals surface area contributed by atoms with Gasteiger partial charge in [-0.1, -0.05) is 68.3 Å². The van der Waals surface area contributed by atoms with E-state index in [0.29, 0.717) is 25.0 Å². The molecule has 2 N–H and O–H groups in total. The molecule has 1 aliphatic rings. The number of nitrogens with one attached hydrogen (secondary N) is 2. The van der Waals surface area contributed by atoms with Crippen molar-refractivity contribution >= 4 is 17.9 Å². The second kappa shape index (κ2) is 11.7. The molecule has 3 aromatic rings. The molecule has 6 nitrogen and oxygen atoms in total. The van der Waals surface area contributed by atoms with E-state index in [1.54, 1.807) is 0 Å². The van der Waals surface area contributed by atoms with Crippen LogP contribution in [-0.2, 0) is 16.0 Å². The van der Waals surface area contributed by atoms with Gasteiger partial charge in [0, 0.05) is 24.8 Å². The highest BCUT2D eigenvalue weighted by molar-refractivity contribution is 5.86. The van der Waals surface area contributed by atoms with Crippen molar-refractivity contribution in [3.8, 4) is 11.3 Å². The summed E-state index contributed by atoms with van der Waals surface area (Å²) < 4.78 is 2.00. The molecule has 0 saturated carbocycles. The molecule has 35 heavy (non-hydrogen) atoms. The highest BCUT2D eigenvalue weighted by Crippen LogP contribution is 2.24. The number of hydrogen-bond donors (Lipinski definition) is 2. The number of fused-ring (bicyclic) bond motifs is 1. The van der Waals surface area contributed by atoms with Crippen molar-refractivity contribution < 1.29 is 14.2 Å². The van der Waals surface area contributed by atoms with Crippen LogP contribution in [0.1, 0.15) is 68.4 Å². The van der Waals surface area contributed by atoms with Crippen LogP contribution in [-0.4, -0.2) is 45.5 Å². The van der Waals surface area contributed by atoms with E-state index in [9.17, 15) is 9.59 Å². The van der Waals surface area contributed by atoms with Gasteiger partial charge in [-0.2, -0.15) is 0 Å². The molecule has 2 heterocycles. The number of aromatic amines is 1. The van der Waals surface area contributed by atoms with Crippen LogP contribution < -0.4 is 5.32 Å². The molecule has 1 aromatic heterocycles. The third kappa shape index (κ3) is 6.32. The number of hydrogen-bond acceptors (Lipinski definition) is 3. The van der Waals surface area contributed by atoms with E-state index in [-0.39, 0.29) is 18.0 Å². The summed E-state index contributed by atoms with van der Waals surface area (Å²) in [7, 11) is 1.96. The molecule has 2 atom stereocenters. The Balaban J connectivity index is 1.47. The standard InChI is InChI=1S/C29H34N4O2/c1-3-24(34)16-8-5-9-17-25(28-30-19-26(31-28)21-12-6-4-7-13-21)32-29(35)27-18-22-14-10-11-15-23(22)20-33(27)2/h4,6-7,10-15,19-20,25,27H,3,5,8-9,16-18H2,1-2H3,(H-,30,31,32,35)/p+1/t25-,27?/m0/s1. The lowest BCUT2D eigenvalue weighted by molar-refractivity contribution is -0.520. The maximum atomic E-state index is 13.4. The van der Waals surface area contributed by atoms with Crippen molar-refractivity contribution in [2.75, 3.05) is 7.05 Å². The number of nitrogens with zero attached hydrogens (tertiary/aromatic N) is 2. The number of amides is 1. The minimum absolute atomic E-state index is 0.00192. The quantitative estimate of drug-likeness (QED) is 0.310. The lowest BCUT2D eigenvalue weighted by atomic mass is 9.96. The topological polar surface area (TPSA) is 77.9 Å². The molecular weight excluding hydrogens is 436 g/mol. The molecule has 6 heteroatoms. The molecule has 1 aliphatic heterocycles. The van der Waals surface area contributed by atoms with E-state index in [4.69, 9.17) is 0 Å². The van der Waals surface area contributed by atoms with Gasteiger partial charge in [0.25, 0.3) is 5.91 Å². The van der Waals surface area contributed by atoms with Crippen LogP contribution in [0.2, 0.25) is 0 Å². The number of aromatic nitrogens is 2. The maximum absolute atomic E-state index is 13.4. The molecule has 182 valence electrons. The molecular formula is C29H35N4O2+. The van der Waals surface area contributed by atoms with Crippen molar-refractivity contribution in [3.05, 3.63) is 77.7 Å². The highest BCUT2D eigenvalue weighted by Gasteiger charge is 2.33. The van der Waals surface area contributed by atoms with Gasteiger partial charge in [0.15, 0.2) is 6.21 Å². The van der Waals surface area contributed by atoms with Gasteiger partial charge in [-0.3, -0.25) is 9.59 Å². The number of H-pyrrole nitrogens is 1. The Hall–Kier alpha value is -3.54. The highest BCUT2D eigenvalue weighted by atomic mass is 16.2. The Morgan fingerprint density at radius 3 is 2.66 bits per heavy atom. The molecule has 0 saturated heterocycles. The maximum Gasteiger partial charge on any atom is 0.289 e. The van der Waals surface area contributed by atoms with Gasteiger partial charge in [-0.15, -0.1) is 0 Å². The zero-order valence-corrected chi connectivity index (χ0v) is 20.7. The smallest absolute Gasteiger partial charge is 0.289 e. The molecule has 1 unspecified atom stereocenters. The zero-order valence-electron chi connectivity index (χ0n) is 20.7. The Morgan fingerprint density at radius 1 is 1.09 bits per heavy atom. The van der Waals surface area contributed by atoms with Gasteiger partial charge in [0.05, 0.1) is 17.9 Å². The van der Waals surface area contributed by atoms with Crippen LogP contribution in [0.25, 0.3) is 11.3 Å². The van der Waals surface area contributed by atoms with Crippen LogP contribution >= 0.6 is 0 Å². The van der Waals surface area contributed by atoms with Crippen LogP contribution in [0.5, 0.6) is 0 Å². The van der Waals surface area contributed by atoms with Crippen molar-refractivity contribution in [1.82, 2.24) is 15.3 Å². The Kier molecular flexibility index (Phi) is 8.24. The van der Waals surface area contributed by atoms with Crippen LogP contribution in [0.4, 0.5) is 0 Å². The predicted octanol–water partition coefficient (Wildman–Crippen LogP) is 4.85. The van der Waals surface area contributed by atoms with E-state index >= 15 is 0 Å². The van der Waals surface area contributed by atoms with Gasteiger partial charge < -0.3 is 10.3 Å². The van der Waals surface area contributed by atoms with Gasteiger partial charge in [-0.05, 0) is 30.0 Å². The average molecular weight is 472 g/mol. The van der Waals surface area contributed by atoms with Crippen molar-refractivity contribution in [2.45, 2.75) is 64.0 Å². The second-order valence-corrected chi connectivity index (χ2v) is 9.31. The summed E-state index contributed by atoms with van der Waals surface area (Å²) in [5.41, 5.74) is 4.35. The number of imidazole rings is 1. The first-order valence-corrected chi connectivity index (χ1v) is 12.6. The lowest BCUT2D eigenvalue weighted by Crippen LogP contribution is -2.46. The lowest BCUT2D eigenvalue weighted by Gasteiger charge is -2.22. The third-order valence-corrected chi connectivity index (χ3v) is 6.77. The molecule has 0 radical (unpaired) electrons. The van der Waals surface area contributed by atoms with Crippen molar-refractivity contribution in [1.29, 1.82) is 0 Å². The fourth-order valence-electron chi connectivity index (χ4n) is 4.63. The average Bonchev–Trinajstić information content (AvgIpc) is 3.38. The zero-order chi connectivity index (χ0) is 24.6. The first kappa shape index (κ1) is 24.6. The molecule has 1 amide bonds. The summed E-state index contributed by atoms with van der Waals surface area (Å²) in [6.45, 7) is 1.91. The number of rotatable bonds is 11. The van der Waals surface area contributed by atoms with Crippen LogP contribution in [0.15, 0.2) is 60.8 Å². The molecule has 2 aromatic carbocycles. The third-order valence-electron chi connectivity index (χ3n) is 6.77. The minimum atomic E-state index is -0.266. The van der Waals surface area contributed by atoms with E-state index in [0.717, 1.165) is 48.3 Å². The van der Waals surface area contributed by atoms with Gasteiger partial charge in [-0.25, -0.2) is 9.56 Å². The molecule has 4 rings (SSSR count). The van der Waals surface area contributed by atoms with Crippen LogP contribution in [0.3, 0.4) is 0 Å². The van der Waals surface area contributed by atoms with E-state index < -0.39 is 0 Å². The summed E-state index contributed by atoms with van der Waals surface area (Å²) in [6, 6.07) is 17.8. The fraction of sp³-hybridized carbons (Fsp3) is 0.379. The SMILES string of the molecule is CCC(=O)CCCCC[C@H](NC(=O)C1Cc2ccccc2C=[N+]1C)c1ncc(-c2ccccc2)[nH]1. The van der Waals surface area contributed by atoms with E-state index in [1.165, 1.54) is 5.56 Å². The first-order valence-electron chi connectivity index (χ1n) is 12.6. The number of unbranched alkanes of at least 4 members (excludes halogenated alkanes) is 2. The number of benzene rings is 2. The summed E-state index contributed by atoms with van der Waals surface area (Å²) >= 11 is 0. The predicted molar refractivity (Wildman–Crippen MR) is 139 cm³/mol. The Bertz CT molecular complexity index is 1180. The van der Waals surface area contributed by atoms with Crippen molar-refractivity contribution in [3.63, 3.8) is 0 Å².